The number of hydrogen-bond donors (Lipinski definition) is 0. The van der Waals surface area contributed by atoms with Gasteiger partial charge in [0, 0.05) is 15.8 Å². The molecule has 2 aromatic rings. The number of rotatable bonds is 2. The van der Waals surface area contributed by atoms with Crippen LogP contribution in [0.25, 0.3) is 5.69 Å². The summed E-state index contributed by atoms with van der Waals surface area (Å²) in [7, 11) is 0. The lowest BCUT2D eigenvalue weighted by Crippen LogP contribution is -2.01. The fourth-order valence-electron chi connectivity index (χ4n) is 1.39. The molecule has 1 aromatic carbocycles. The van der Waals surface area contributed by atoms with Crippen LogP contribution in [0.1, 0.15) is 5.69 Å². The summed E-state index contributed by atoms with van der Waals surface area (Å²) in [5, 5.41) is 15.1. The SMILES string of the molecule is Cc1ccn(-c2ccc(I)cc2[N+](=O)[O-])n1. The van der Waals surface area contributed by atoms with Gasteiger partial charge in [-0.3, -0.25) is 10.1 Å². The van der Waals surface area contributed by atoms with Gasteiger partial charge in [-0.1, -0.05) is 0 Å². The van der Waals surface area contributed by atoms with E-state index in [1.165, 1.54) is 10.7 Å². The van der Waals surface area contributed by atoms with Crippen molar-refractivity contribution in [3.05, 3.63) is 49.8 Å². The van der Waals surface area contributed by atoms with Crippen molar-refractivity contribution in [2.45, 2.75) is 6.92 Å². The zero-order valence-electron chi connectivity index (χ0n) is 8.42. The van der Waals surface area contributed by atoms with Crippen LogP contribution in [0.5, 0.6) is 0 Å². The lowest BCUT2D eigenvalue weighted by Gasteiger charge is -2.03. The van der Waals surface area contributed by atoms with E-state index in [2.05, 4.69) is 5.10 Å². The summed E-state index contributed by atoms with van der Waals surface area (Å²) in [6, 6.07) is 6.86. The molecular formula is C10H8IN3O2. The first-order chi connectivity index (χ1) is 7.58. The number of nitro benzene ring substituents is 1. The highest BCUT2D eigenvalue weighted by Crippen LogP contribution is 2.24. The molecule has 0 aliphatic carbocycles. The van der Waals surface area contributed by atoms with E-state index in [1.54, 1.807) is 12.3 Å². The zero-order valence-corrected chi connectivity index (χ0v) is 10.6. The van der Waals surface area contributed by atoms with Crippen LogP contribution in [0.2, 0.25) is 0 Å². The van der Waals surface area contributed by atoms with Crippen molar-refractivity contribution in [3.63, 3.8) is 0 Å². The summed E-state index contributed by atoms with van der Waals surface area (Å²) < 4.78 is 2.35. The van der Waals surface area contributed by atoms with Crippen LogP contribution < -0.4 is 0 Å². The second kappa shape index (κ2) is 4.20. The van der Waals surface area contributed by atoms with Crippen LogP contribution in [-0.2, 0) is 0 Å². The number of aryl methyl sites for hydroxylation is 1. The molecule has 1 aromatic heterocycles. The number of nitro groups is 1. The van der Waals surface area contributed by atoms with Crippen molar-refractivity contribution in [1.29, 1.82) is 0 Å². The third-order valence-electron chi connectivity index (χ3n) is 2.10. The van der Waals surface area contributed by atoms with E-state index in [1.807, 2.05) is 41.6 Å². The number of aromatic nitrogens is 2. The van der Waals surface area contributed by atoms with E-state index in [0.717, 1.165) is 9.26 Å². The van der Waals surface area contributed by atoms with E-state index in [0.29, 0.717) is 5.69 Å². The van der Waals surface area contributed by atoms with E-state index in [4.69, 9.17) is 0 Å². The molecule has 0 N–H and O–H groups in total. The normalized spacial score (nSPS) is 10.4. The molecule has 16 heavy (non-hydrogen) atoms. The first-order valence-electron chi connectivity index (χ1n) is 4.54. The summed E-state index contributed by atoms with van der Waals surface area (Å²) in [6.45, 7) is 1.84. The van der Waals surface area contributed by atoms with Crippen molar-refractivity contribution in [1.82, 2.24) is 9.78 Å². The molecule has 82 valence electrons. The van der Waals surface area contributed by atoms with Gasteiger partial charge in [-0.05, 0) is 47.7 Å². The molecule has 6 heteroatoms. The molecule has 0 saturated heterocycles. The van der Waals surface area contributed by atoms with Gasteiger partial charge in [0.1, 0.15) is 5.69 Å². The molecule has 0 saturated carbocycles. The Morgan fingerprint density at radius 3 is 2.75 bits per heavy atom. The molecule has 0 aliphatic rings. The van der Waals surface area contributed by atoms with E-state index in [-0.39, 0.29) is 5.69 Å². The summed E-state index contributed by atoms with van der Waals surface area (Å²) >= 11 is 2.05. The monoisotopic (exact) mass is 329 g/mol. The van der Waals surface area contributed by atoms with Gasteiger partial charge in [0.2, 0.25) is 0 Å². The zero-order chi connectivity index (χ0) is 11.7. The van der Waals surface area contributed by atoms with Gasteiger partial charge in [0.25, 0.3) is 5.69 Å². The number of hydrogen-bond acceptors (Lipinski definition) is 3. The topological polar surface area (TPSA) is 61.0 Å². The van der Waals surface area contributed by atoms with Gasteiger partial charge in [-0.25, -0.2) is 4.68 Å². The van der Waals surface area contributed by atoms with Crippen LogP contribution in [0.3, 0.4) is 0 Å². The fourth-order valence-corrected chi connectivity index (χ4v) is 1.86. The van der Waals surface area contributed by atoms with Gasteiger partial charge in [-0.15, -0.1) is 0 Å². The Labute approximate surface area is 105 Å². The molecular weight excluding hydrogens is 321 g/mol. The molecule has 0 atom stereocenters. The van der Waals surface area contributed by atoms with Gasteiger partial charge in [-0.2, -0.15) is 5.10 Å². The minimum Gasteiger partial charge on any atom is -0.258 e. The summed E-state index contributed by atoms with van der Waals surface area (Å²) in [5.74, 6) is 0. The molecule has 0 radical (unpaired) electrons. The fraction of sp³-hybridized carbons (Fsp3) is 0.100. The predicted molar refractivity (Wildman–Crippen MR) is 67.7 cm³/mol. The highest BCUT2D eigenvalue weighted by atomic mass is 127. The van der Waals surface area contributed by atoms with Crippen molar-refractivity contribution in [2.75, 3.05) is 0 Å². The Balaban J connectivity index is 2.60. The maximum absolute atomic E-state index is 10.9. The van der Waals surface area contributed by atoms with Crippen LogP contribution in [0.4, 0.5) is 5.69 Å². The molecule has 1 heterocycles. The maximum atomic E-state index is 10.9. The molecule has 0 bridgehead atoms. The van der Waals surface area contributed by atoms with Crippen molar-refractivity contribution < 1.29 is 4.92 Å². The number of benzene rings is 1. The Morgan fingerprint density at radius 2 is 2.19 bits per heavy atom. The molecule has 5 nitrogen and oxygen atoms in total. The average Bonchev–Trinajstić information content (AvgIpc) is 2.64. The number of halogens is 1. The van der Waals surface area contributed by atoms with Gasteiger partial charge < -0.3 is 0 Å². The third kappa shape index (κ3) is 2.06. The van der Waals surface area contributed by atoms with Crippen LogP contribution >= 0.6 is 22.6 Å². The Kier molecular flexibility index (Phi) is 2.90. The second-order valence-corrected chi connectivity index (χ2v) is 4.54. The summed E-state index contributed by atoms with van der Waals surface area (Å²) in [5.41, 5.74) is 1.38. The molecule has 2 rings (SSSR count). The quantitative estimate of drug-likeness (QED) is 0.483. The lowest BCUT2D eigenvalue weighted by atomic mass is 10.3. The lowest BCUT2D eigenvalue weighted by molar-refractivity contribution is -0.384. The highest BCUT2D eigenvalue weighted by Gasteiger charge is 2.16. The molecule has 0 aliphatic heterocycles. The maximum Gasteiger partial charge on any atom is 0.295 e. The Hall–Kier alpha value is -1.44. The smallest absolute Gasteiger partial charge is 0.258 e. The molecule has 0 amide bonds. The van der Waals surface area contributed by atoms with Crippen LogP contribution in [0.15, 0.2) is 30.5 Å². The van der Waals surface area contributed by atoms with Crippen LogP contribution in [-0.4, -0.2) is 14.7 Å². The van der Waals surface area contributed by atoms with Crippen molar-refractivity contribution >= 4 is 28.3 Å². The van der Waals surface area contributed by atoms with Crippen molar-refractivity contribution in [2.24, 2.45) is 0 Å². The molecule has 0 spiro atoms. The minimum atomic E-state index is -0.394. The van der Waals surface area contributed by atoms with Gasteiger partial charge >= 0.3 is 0 Å². The Morgan fingerprint density at radius 1 is 1.44 bits per heavy atom. The predicted octanol–water partition coefficient (Wildman–Crippen LogP) is 2.69. The first kappa shape index (κ1) is 11.1. The van der Waals surface area contributed by atoms with Gasteiger partial charge in [0.05, 0.1) is 10.6 Å². The van der Waals surface area contributed by atoms with Crippen LogP contribution in [0, 0.1) is 20.6 Å². The molecule has 0 unspecified atom stereocenters. The van der Waals surface area contributed by atoms with Gasteiger partial charge in [0.15, 0.2) is 0 Å². The molecule has 0 fully saturated rings. The number of nitrogens with zero attached hydrogens (tertiary/aromatic N) is 3. The Bertz CT molecular complexity index is 551. The van der Waals surface area contributed by atoms with Crippen molar-refractivity contribution in [3.8, 4) is 5.69 Å². The second-order valence-electron chi connectivity index (χ2n) is 3.29. The largest absolute Gasteiger partial charge is 0.295 e. The van der Waals surface area contributed by atoms with E-state index >= 15 is 0 Å². The summed E-state index contributed by atoms with van der Waals surface area (Å²) in [4.78, 5) is 10.5. The average molecular weight is 329 g/mol. The minimum absolute atomic E-state index is 0.0648. The van der Waals surface area contributed by atoms with E-state index in [9.17, 15) is 10.1 Å². The van der Waals surface area contributed by atoms with E-state index < -0.39 is 4.92 Å². The standard InChI is InChI=1S/C10H8IN3O2/c1-7-4-5-13(12-7)9-3-2-8(11)6-10(9)14(15)16/h2-6H,1H3. The summed E-state index contributed by atoms with van der Waals surface area (Å²) in [6.07, 6.45) is 1.71. The first-order valence-corrected chi connectivity index (χ1v) is 5.62. The third-order valence-corrected chi connectivity index (χ3v) is 2.77. The highest BCUT2D eigenvalue weighted by molar-refractivity contribution is 14.1.